The van der Waals surface area contributed by atoms with Crippen molar-refractivity contribution in [3.8, 4) is 0 Å². The number of fused-ring (bicyclic) bond motifs is 1. The first-order valence-corrected chi connectivity index (χ1v) is 16.3. The molecule has 0 unspecified atom stereocenters. The van der Waals surface area contributed by atoms with Crippen LogP contribution in [0.2, 0.25) is 0 Å². The van der Waals surface area contributed by atoms with Gasteiger partial charge >= 0.3 is 6.09 Å². The lowest BCUT2D eigenvalue weighted by molar-refractivity contribution is -0.133. The normalized spacial score (nSPS) is 15.6. The van der Waals surface area contributed by atoms with Crippen molar-refractivity contribution in [2.45, 2.75) is 55.8 Å². The number of aryl methyl sites for hydroxylation is 1. The molecule has 2 amide bonds. The third-order valence-electron chi connectivity index (χ3n) is 8.21. The van der Waals surface area contributed by atoms with E-state index in [1.807, 2.05) is 0 Å². The van der Waals surface area contributed by atoms with Crippen LogP contribution in [0.25, 0.3) is 10.8 Å². The van der Waals surface area contributed by atoms with Crippen LogP contribution in [-0.4, -0.2) is 49.2 Å². The maximum atomic E-state index is 15.5. The summed E-state index contributed by atoms with van der Waals surface area (Å²) in [7, 11) is -2.62. The van der Waals surface area contributed by atoms with Crippen LogP contribution in [0.1, 0.15) is 55.5 Å². The van der Waals surface area contributed by atoms with Crippen molar-refractivity contribution in [1.29, 1.82) is 0 Å². The minimum Gasteiger partial charge on any atom is -0.453 e. The average Bonchev–Trinajstić information content (AvgIpc) is 3.51. The molecule has 0 radical (unpaired) electrons. The number of benzene rings is 3. The van der Waals surface area contributed by atoms with Crippen molar-refractivity contribution < 1.29 is 31.5 Å². The predicted molar refractivity (Wildman–Crippen MR) is 172 cm³/mol. The maximum absolute atomic E-state index is 15.5. The number of likely N-dealkylation sites (tertiary alicyclic amines) is 1. The molecule has 1 saturated heterocycles. The quantitative estimate of drug-likeness (QED) is 0.202. The first kappa shape index (κ1) is 32.6. The van der Waals surface area contributed by atoms with E-state index in [-0.39, 0.29) is 28.3 Å². The number of amides is 2. The fourth-order valence-electron chi connectivity index (χ4n) is 5.72. The van der Waals surface area contributed by atoms with E-state index in [2.05, 4.69) is 15.6 Å². The Morgan fingerprint density at radius 1 is 1.04 bits per heavy atom. The van der Waals surface area contributed by atoms with Gasteiger partial charge in [0.25, 0.3) is 0 Å². The number of sulfone groups is 1. The summed E-state index contributed by atoms with van der Waals surface area (Å²) in [6, 6.07) is 11.3. The second kappa shape index (κ2) is 12.9. The largest absolute Gasteiger partial charge is 0.453 e. The number of nitrogens with zero attached hydrogens (tertiary/aromatic N) is 2. The van der Waals surface area contributed by atoms with Gasteiger partial charge in [0.2, 0.25) is 5.91 Å². The zero-order valence-corrected chi connectivity index (χ0v) is 26.6. The molecule has 10 nitrogen and oxygen atoms in total. The van der Waals surface area contributed by atoms with E-state index in [1.165, 1.54) is 43.2 Å². The topological polar surface area (TPSA) is 144 Å². The summed E-state index contributed by atoms with van der Waals surface area (Å²) < 4.78 is 61.5. The highest BCUT2D eigenvalue weighted by Crippen LogP contribution is 2.40. The molecule has 0 aliphatic carbocycles. The molecule has 0 saturated carbocycles. The first-order valence-electron chi connectivity index (χ1n) is 14.7. The number of methoxy groups -OCH3 is 1. The van der Waals surface area contributed by atoms with Gasteiger partial charge in [0.1, 0.15) is 23.5 Å². The van der Waals surface area contributed by atoms with E-state index in [4.69, 9.17) is 10.5 Å². The second-order valence-corrected chi connectivity index (χ2v) is 14.0. The molecule has 3 aromatic carbocycles. The van der Waals surface area contributed by atoms with E-state index >= 15 is 4.39 Å². The summed E-state index contributed by atoms with van der Waals surface area (Å²) in [5.41, 5.74) is 7.16. The van der Waals surface area contributed by atoms with Gasteiger partial charge in [-0.25, -0.2) is 27.0 Å². The molecule has 1 aliphatic rings. The number of hydrogen-bond donors (Lipinski definition) is 3. The highest BCUT2D eigenvalue weighted by atomic mass is 32.2. The summed E-state index contributed by atoms with van der Waals surface area (Å²) in [4.78, 5) is 32.1. The Morgan fingerprint density at radius 3 is 2.50 bits per heavy atom. The smallest absolute Gasteiger partial charge is 0.411 e. The van der Waals surface area contributed by atoms with Crippen molar-refractivity contribution in [2.24, 2.45) is 0 Å². The number of aromatic nitrogens is 1. The molecule has 0 spiro atoms. The van der Waals surface area contributed by atoms with Gasteiger partial charge in [0, 0.05) is 41.1 Å². The van der Waals surface area contributed by atoms with Crippen molar-refractivity contribution in [3.05, 3.63) is 89.1 Å². The molecule has 1 aromatic heterocycles. The fourth-order valence-corrected chi connectivity index (χ4v) is 7.01. The zero-order valence-electron chi connectivity index (χ0n) is 25.8. The standard InChI is InChI=1S/C33H35F2N5O5S/c1-18(2)46(43,44)29-10-8-22(39-33(42)45-4)16-25(29)28-6-5-13-40(28)32(41)30(24-14-19(3)26(34)17-27(24)35)38-21-7-9-23-20(15-21)11-12-37-31(23)36/h7-12,14-18,28,30,38H,5-6,13H2,1-4H3,(H2,36,37)(H,39,42)/t28-,30-/m1/s1. The summed E-state index contributed by atoms with van der Waals surface area (Å²) in [6.45, 7) is 4.85. The Kier molecular flexibility index (Phi) is 9.15. The number of nitrogen functional groups attached to an aromatic ring is 1. The highest BCUT2D eigenvalue weighted by Gasteiger charge is 2.39. The lowest BCUT2D eigenvalue weighted by atomic mass is 9.99. The molecule has 46 heavy (non-hydrogen) atoms. The summed E-state index contributed by atoms with van der Waals surface area (Å²) in [5.74, 6) is -1.88. The SMILES string of the molecule is COC(=O)Nc1ccc(S(=O)(=O)C(C)C)c([C@H]2CCCN2C(=O)[C@H](Nc2ccc3c(N)nccc3c2)c2cc(C)c(F)cc2F)c1. The van der Waals surface area contributed by atoms with Gasteiger partial charge in [-0.05, 0) is 98.7 Å². The molecule has 4 aromatic rings. The third-order valence-corrected chi connectivity index (χ3v) is 10.4. The van der Waals surface area contributed by atoms with Gasteiger partial charge in [0.15, 0.2) is 9.84 Å². The molecule has 0 bridgehead atoms. The van der Waals surface area contributed by atoms with Crippen molar-refractivity contribution >= 4 is 49.8 Å². The minimum atomic E-state index is -3.82. The van der Waals surface area contributed by atoms with Gasteiger partial charge in [0.05, 0.1) is 23.3 Å². The number of ether oxygens (including phenoxy) is 1. The van der Waals surface area contributed by atoms with Crippen molar-refractivity contribution in [2.75, 3.05) is 30.0 Å². The Hall–Kier alpha value is -4.78. The molecule has 242 valence electrons. The second-order valence-electron chi connectivity index (χ2n) is 11.5. The number of nitrogens with two attached hydrogens (primary N) is 1. The molecule has 1 aliphatic heterocycles. The van der Waals surface area contributed by atoms with Crippen LogP contribution in [0.4, 0.5) is 30.8 Å². The average molecular weight is 652 g/mol. The number of carbonyl (C=O) groups excluding carboxylic acids is 2. The van der Waals surface area contributed by atoms with Crippen LogP contribution in [-0.2, 0) is 19.4 Å². The lowest BCUT2D eigenvalue weighted by Gasteiger charge is -2.32. The zero-order chi connectivity index (χ0) is 33.3. The Morgan fingerprint density at radius 2 is 1.78 bits per heavy atom. The molecule has 2 heterocycles. The minimum absolute atomic E-state index is 0.0247. The molecule has 4 N–H and O–H groups in total. The van der Waals surface area contributed by atoms with Gasteiger partial charge < -0.3 is 20.7 Å². The van der Waals surface area contributed by atoms with E-state index in [9.17, 15) is 22.4 Å². The number of nitrogens with one attached hydrogen (secondary N) is 2. The molecule has 1 fully saturated rings. The monoisotopic (exact) mass is 651 g/mol. The van der Waals surface area contributed by atoms with E-state index < -0.39 is 50.8 Å². The lowest BCUT2D eigenvalue weighted by Crippen LogP contribution is -2.38. The van der Waals surface area contributed by atoms with E-state index in [1.54, 1.807) is 44.3 Å². The van der Waals surface area contributed by atoms with Gasteiger partial charge in [-0.15, -0.1) is 0 Å². The third kappa shape index (κ3) is 6.32. The summed E-state index contributed by atoms with van der Waals surface area (Å²) in [5, 5.41) is 6.36. The molecule has 13 heteroatoms. The van der Waals surface area contributed by atoms with E-state index in [0.717, 1.165) is 11.5 Å². The van der Waals surface area contributed by atoms with Crippen LogP contribution in [0, 0.1) is 18.6 Å². The summed E-state index contributed by atoms with van der Waals surface area (Å²) in [6.07, 6.45) is 1.75. The Bertz CT molecular complexity index is 1940. The van der Waals surface area contributed by atoms with Crippen molar-refractivity contribution in [1.82, 2.24) is 9.88 Å². The number of hydrogen-bond acceptors (Lipinski definition) is 8. The predicted octanol–water partition coefficient (Wildman–Crippen LogP) is 6.28. The molecular weight excluding hydrogens is 616 g/mol. The van der Waals surface area contributed by atoms with Crippen LogP contribution < -0.4 is 16.4 Å². The molecule has 5 rings (SSSR count). The van der Waals surface area contributed by atoms with Gasteiger partial charge in [-0.2, -0.15) is 0 Å². The van der Waals surface area contributed by atoms with Crippen LogP contribution >= 0.6 is 0 Å². The van der Waals surface area contributed by atoms with Crippen LogP contribution in [0.5, 0.6) is 0 Å². The van der Waals surface area contributed by atoms with Crippen LogP contribution in [0.3, 0.4) is 0 Å². The number of halogens is 2. The number of rotatable bonds is 8. The summed E-state index contributed by atoms with van der Waals surface area (Å²) >= 11 is 0. The Balaban J connectivity index is 1.61. The fraction of sp³-hybridized carbons (Fsp3) is 0.303. The molecule has 2 atom stereocenters. The van der Waals surface area contributed by atoms with Crippen LogP contribution in [0.15, 0.2) is 65.7 Å². The molecular formula is C33H35F2N5O5S. The highest BCUT2D eigenvalue weighted by molar-refractivity contribution is 7.92. The maximum Gasteiger partial charge on any atom is 0.411 e. The number of anilines is 3. The van der Waals surface area contributed by atoms with Gasteiger partial charge in [-0.1, -0.05) is 0 Å². The first-order chi connectivity index (χ1) is 21.8. The number of pyridine rings is 1. The number of carbonyl (C=O) groups is 2. The Labute approximate surface area is 265 Å². The van der Waals surface area contributed by atoms with E-state index in [0.29, 0.717) is 35.3 Å². The van der Waals surface area contributed by atoms with Crippen molar-refractivity contribution in [3.63, 3.8) is 0 Å². The van der Waals surface area contributed by atoms with Gasteiger partial charge in [-0.3, -0.25) is 10.1 Å².